The zero-order chi connectivity index (χ0) is 13.6. The molecule has 0 amide bonds. The van der Waals surface area contributed by atoms with Crippen LogP contribution in [0.15, 0.2) is 56.8 Å². The van der Waals surface area contributed by atoms with Gasteiger partial charge in [-0.3, -0.25) is 0 Å². The van der Waals surface area contributed by atoms with Crippen molar-refractivity contribution in [2.75, 3.05) is 0 Å². The second kappa shape index (κ2) is 6.12. The lowest BCUT2D eigenvalue weighted by molar-refractivity contribution is 0.107. The van der Waals surface area contributed by atoms with Crippen molar-refractivity contribution < 1.29 is 9.36 Å². The van der Waals surface area contributed by atoms with Gasteiger partial charge in [0.05, 0.1) is 6.21 Å². The van der Waals surface area contributed by atoms with E-state index in [2.05, 4.69) is 15.3 Å². The zero-order valence-corrected chi connectivity index (χ0v) is 11.3. The zero-order valence-electron chi connectivity index (χ0n) is 10.5. The molecule has 2 heterocycles. The van der Waals surface area contributed by atoms with E-state index in [9.17, 15) is 0 Å². The van der Waals surface area contributed by atoms with Crippen molar-refractivity contribution in [2.45, 2.75) is 6.61 Å². The first-order valence-electron chi connectivity index (χ1n) is 5.97. The maximum absolute atomic E-state index is 5.13. The predicted octanol–water partition coefficient (Wildman–Crippen LogP) is 3.35. The second-order valence-corrected chi connectivity index (χ2v) is 4.72. The van der Waals surface area contributed by atoms with Crippen LogP contribution in [-0.4, -0.2) is 16.4 Å². The molecule has 0 aliphatic rings. The average Bonchev–Trinajstić information content (AvgIpc) is 3.15. The summed E-state index contributed by atoms with van der Waals surface area (Å²) in [5, 5.41) is 11.7. The third kappa shape index (κ3) is 3.10. The van der Waals surface area contributed by atoms with Crippen LogP contribution in [0.4, 0.5) is 0 Å². The summed E-state index contributed by atoms with van der Waals surface area (Å²) in [5.74, 6) is 0.966. The van der Waals surface area contributed by atoms with Gasteiger partial charge in [0.1, 0.15) is 0 Å². The molecule has 0 spiro atoms. The first-order chi connectivity index (χ1) is 9.92. The molecule has 100 valence electrons. The molecule has 6 heteroatoms. The Labute approximate surface area is 119 Å². The van der Waals surface area contributed by atoms with E-state index in [4.69, 9.17) is 9.36 Å². The van der Waals surface area contributed by atoms with Crippen LogP contribution in [0, 0.1) is 0 Å². The fourth-order valence-corrected chi connectivity index (χ4v) is 2.19. The minimum Gasteiger partial charge on any atom is -0.386 e. The summed E-state index contributed by atoms with van der Waals surface area (Å²) in [5.41, 5.74) is 1.91. The molecule has 3 aromatic rings. The lowest BCUT2D eigenvalue weighted by atomic mass is 10.2. The topological polar surface area (TPSA) is 60.5 Å². The van der Waals surface area contributed by atoms with Gasteiger partial charge in [-0.1, -0.05) is 40.6 Å². The molecule has 5 nitrogen and oxygen atoms in total. The molecule has 0 atom stereocenters. The molecule has 0 radical (unpaired) electrons. The molecule has 0 aliphatic heterocycles. The number of benzene rings is 1. The van der Waals surface area contributed by atoms with Crippen LogP contribution in [0.1, 0.15) is 11.5 Å². The molecule has 0 fully saturated rings. The van der Waals surface area contributed by atoms with Crippen LogP contribution in [0.2, 0.25) is 0 Å². The summed E-state index contributed by atoms with van der Waals surface area (Å²) in [6, 6.07) is 11.6. The van der Waals surface area contributed by atoms with Gasteiger partial charge >= 0.3 is 0 Å². The molecule has 0 unspecified atom stereocenters. The molecule has 0 bridgehead atoms. The summed E-state index contributed by atoms with van der Waals surface area (Å²) in [4.78, 5) is 9.36. The van der Waals surface area contributed by atoms with Gasteiger partial charge in [-0.05, 0) is 17.0 Å². The number of rotatable bonds is 5. The van der Waals surface area contributed by atoms with Crippen LogP contribution < -0.4 is 0 Å². The third-order valence-electron chi connectivity index (χ3n) is 2.51. The first kappa shape index (κ1) is 12.6. The highest BCUT2D eigenvalue weighted by atomic mass is 32.1. The van der Waals surface area contributed by atoms with Gasteiger partial charge in [-0.15, -0.1) is 0 Å². The van der Waals surface area contributed by atoms with Crippen LogP contribution in [0.5, 0.6) is 0 Å². The largest absolute Gasteiger partial charge is 0.386 e. The lowest BCUT2D eigenvalue weighted by Gasteiger charge is -1.93. The third-order valence-corrected chi connectivity index (χ3v) is 3.19. The molecule has 0 saturated carbocycles. The minimum absolute atomic E-state index is 0.153. The van der Waals surface area contributed by atoms with E-state index in [1.165, 1.54) is 0 Å². The normalized spacial score (nSPS) is 11.0. The lowest BCUT2D eigenvalue weighted by Crippen LogP contribution is -1.88. The van der Waals surface area contributed by atoms with E-state index in [1.807, 2.05) is 47.2 Å². The molecule has 20 heavy (non-hydrogen) atoms. The highest BCUT2D eigenvalue weighted by Gasteiger charge is 2.08. The van der Waals surface area contributed by atoms with Gasteiger partial charge in [0.2, 0.25) is 5.82 Å². The fraction of sp³-hybridized carbons (Fsp3) is 0.0714. The number of aromatic nitrogens is 2. The van der Waals surface area contributed by atoms with Crippen LogP contribution >= 0.6 is 11.3 Å². The van der Waals surface area contributed by atoms with Crippen LogP contribution in [0.3, 0.4) is 0 Å². The van der Waals surface area contributed by atoms with Crippen molar-refractivity contribution in [1.82, 2.24) is 10.1 Å². The molecule has 0 aliphatic carbocycles. The van der Waals surface area contributed by atoms with Crippen molar-refractivity contribution >= 4 is 17.6 Å². The van der Waals surface area contributed by atoms with Crippen molar-refractivity contribution in [3.63, 3.8) is 0 Å². The van der Waals surface area contributed by atoms with E-state index < -0.39 is 0 Å². The van der Waals surface area contributed by atoms with Gasteiger partial charge in [-0.25, -0.2) is 0 Å². The van der Waals surface area contributed by atoms with Crippen molar-refractivity contribution in [3.8, 4) is 11.4 Å². The smallest absolute Gasteiger partial charge is 0.267 e. The highest BCUT2D eigenvalue weighted by Crippen LogP contribution is 2.18. The van der Waals surface area contributed by atoms with Gasteiger partial charge in [-0.2, -0.15) is 16.3 Å². The van der Waals surface area contributed by atoms with E-state index in [0.717, 1.165) is 11.1 Å². The molecular formula is C14H11N3O2S. The SMILES string of the molecule is C(=N/OCc1nc(-c2ccsc2)no1)/c1ccccc1. The molecule has 0 saturated heterocycles. The summed E-state index contributed by atoms with van der Waals surface area (Å²) in [6.07, 6.45) is 1.64. The van der Waals surface area contributed by atoms with Crippen LogP contribution in [0.25, 0.3) is 11.4 Å². The molecule has 1 aromatic carbocycles. The second-order valence-electron chi connectivity index (χ2n) is 3.94. The Morgan fingerprint density at radius 1 is 1.25 bits per heavy atom. The van der Waals surface area contributed by atoms with Gasteiger partial charge in [0, 0.05) is 10.9 Å². The van der Waals surface area contributed by atoms with E-state index in [1.54, 1.807) is 17.6 Å². The Bertz CT molecular complexity index is 678. The summed E-state index contributed by atoms with van der Waals surface area (Å²) in [7, 11) is 0. The van der Waals surface area contributed by atoms with Crippen LogP contribution in [-0.2, 0) is 11.4 Å². The Balaban J connectivity index is 1.56. The number of oxime groups is 1. The van der Waals surface area contributed by atoms with Gasteiger partial charge in [0.25, 0.3) is 5.89 Å². The summed E-state index contributed by atoms with van der Waals surface area (Å²) >= 11 is 1.59. The first-order valence-corrected chi connectivity index (χ1v) is 6.91. The standard InChI is InChI=1S/C14H11N3O2S/c1-2-4-11(5-3-1)8-15-18-9-13-16-14(17-19-13)12-6-7-20-10-12/h1-8,10H,9H2/b15-8-. The van der Waals surface area contributed by atoms with Crippen molar-refractivity contribution in [1.29, 1.82) is 0 Å². The van der Waals surface area contributed by atoms with Gasteiger partial charge < -0.3 is 9.36 Å². The molecule has 0 N–H and O–H groups in total. The monoisotopic (exact) mass is 285 g/mol. The summed E-state index contributed by atoms with van der Waals surface area (Å²) in [6.45, 7) is 0.153. The van der Waals surface area contributed by atoms with Crippen molar-refractivity contribution in [2.24, 2.45) is 5.16 Å². The quantitative estimate of drug-likeness (QED) is 0.533. The number of hydrogen-bond acceptors (Lipinski definition) is 6. The number of hydrogen-bond donors (Lipinski definition) is 0. The molecular weight excluding hydrogens is 274 g/mol. The highest BCUT2D eigenvalue weighted by molar-refractivity contribution is 7.08. The average molecular weight is 285 g/mol. The summed E-state index contributed by atoms with van der Waals surface area (Å²) < 4.78 is 5.09. The Hall–Kier alpha value is -2.47. The molecule has 2 aromatic heterocycles. The molecule has 3 rings (SSSR count). The number of thiophene rings is 1. The predicted molar refractivity (Wildman–Crippen MR) is 76.4 cm³/mol. The van der Waals surface area contributed by atoms with E-state index in [-0.39, 0.29) is 6.61 Å². The number of nitrogens with zero attached hydrogens (tertiary/aromatic N) is 3. The Morgan fingerprint density at radius 3 is 2.95 bits per heavy atom. The van der Waals surface area contributed by atoms with Crippen molar-refractivity contribution in [3.05, 3.63) is 58.6 Å². The van der Waals surface area contributed by atoms with E-state index >= 15 is 0 Å². The van der Waals surface area contributed by atoms with E-state index in [0.29, 0.717) is 11.7 Å². The Kier molecular flexibility index (Phi) is 3.84. The minimum atomic E-state index is 0.153. The maximum atomic E-state index is 5.13. The fourth-order valence-electron chi connectivity index (χ4n) is 1.55. The van der Waals surface area contributed by atoms with Gasteiger partial charge in [0.15, 0.2) is 6.61 Å². The maximum Gasteiger partial charge on any atom is 0.267 e. The Morgan fingerprint density at radius 2 is 2.15 bits per heavy atom.